The van der Waals surface area contributed by atoms with Crippen molar-refractivity contribution in [2.45, 2.75) is 43.6 Å². The molecular weight excluding hydrogens is 214 g/mol. The zero-order chi connectivity index (χ0) is 11.7. The number of hydrogen-bond donors (Lipinski definition) is 1. The maximum Gasteiger partial charge on any atom is 0.153 e. The molecule has 90 valence electrons. The Kier molecular flexibility index (Phi) is 3.79. The fourth-order valence-corrected chi connectivity index (χ4v) is 1.79. The van der Waals surface area contributed by atoms with Crippen LogP contribution in [-0.4, -0.2) is 45.2 Å². The standard InChI is InChI=1S/C10H21NO3S/c1-10(2,15(4,12)13)7-11-8-5-9(6-8)14-3/h8-9,11H,5-7H2,1-4H3. The van der Waals surface area contributed by atoms with Crippen molar-refractivity contribution in [3.05, 3.63) is 0 Å². The topological polar surface area (TPSA) is 55.4 Å². The van der Waals surface area contributed by atoms with E-state index in [-0.39, 0.29) is 0 Å². The van der Waals surface area contributed by atoms with Gasteiger partial charge in [0.2, 0.25) is 0 Å². The highest BCUT2D eigenvalue weighted by molar-refractivity contribution is 7.92. The molecule has 1 aliphatic rings. The van der Waals surface area contributed by atoms with Crippen molar-refractivity contribution in [3.63, 3.8) is 0 Å². The summed E-state index contributed by atoms with van der Waals surface area (Å²) in [4.78, 5) is 0. The molecule has 0 aliphatic heterocycles. The summed E-state index contributed by atoms with van der Waals surface area (Å²) in [6.45, 7) is 4.01. The van der Waals surface area contributed by atoms with Crippen LogP contribution in [0.15, 0.2) is 0 Å². The van der Waals surface area contributed by atoms with E-state index in [1.165, 1.54) is 6.26 Å². The van der Waals surface area contributed by atoms with Crippen LogP contribution in [0.5, 0.6) is 0 Å². The predicted octanol–water partition coefficient (Wildman–Crippen LogP) is 0.577. The molecule has 0 saturated heterocycles. The Morgan fingerprint density at radius 2 is 1.93 bits per heavy atom. The van der Waals surface area contributed by atoms with E-state index in [9.17, 15) is 8.42 Å². The Balaban J connectivity index is 2.33. The Morgan fingerprint density at radius 3 is 2.33 bits per heavy atom. The monoisotopic (exact) mass is 235 g/mol. The van der Waals surface area contributed by atoms with Crippen LogP contribution in [0.2, 0.25) is 0 Å². The van der Waals surface area contributed by atoms with Crippen molar-refractivity contribution in [1.29, 1.82) is 0 Å². The zero-order valence-electron chi connectivity index (χ0n) is 9.91. The number of ether oxygens (including phenoxy) is 1. The molecule has 0 spiro atoms. The molecule has 1 N–H and O–H groups in total. The Labute approximate surface area is 92.3 Å². The Hall–Kier alpha value is -0.130. The molecule has 1 aliphatic carbocycles. The summed E-state index contributed by atoms with van der Waals surface area (Å²) in [6.07, 6.45) is 3.60. The molecule has 15 heavy (non-hydrogen) atoms. The van der Waals surface area contributed by atoms with Gasteiger partial charge in [-0.2, -0.15) is 0 Å². The highest BCUT2D eigenvalue weighted by atomic mass is 32.2. The molecule has 1 fully saturated rings. The van der Waals surface area contributed by atoms with Gasteiger partial charge in [0.25, 0.3) is 0 Å². The van der Waals surface area contributed by atoms with Crippen LogP contribution < -0.4 is 5.32 Å². The van der Waals surface area contributed by atoms with Gasteiger partial charge in [0.1, 0.15) is 0 Å². The first-order valence-electron chi connectivity index (χ1n) is 5.22. The van der Waals surface area contributed by atoms with Gasteiger partial charge in [-0.25, -0.2) is 8.42 Å². The molecule has 0 aromatic heterocycles. The molecular formula is C10H21NO3S. The molecule has 0 heterocycles. The van der Waals surface area contributed by atoms with Crippen molar-refractivity contribution >= 4 is 9.84 Å². The Bertz CT molecular complexity index is 305. The molecule has 0 aromatic carbocycles. The van der Waals surface area contributed by atoms with Crippen molar-refractivity contribution in [2.75, 3.05) is 19.9 Å². The molecule has 4 nitrogen and oxygen atoms in total. The number of hydrogen-bond acceptors (Lipinski definition) is 4. The summed E-state index contributed by atoms with van der Waals surface area (Å²) in [6, 6.07) is 0.413. The SMILES string of the molecule is COC1CC(NCC(C)(C)S(C)(=O)=O)C1. The van der Waals surface area contributed by atoms with E-state index >= 15 is 0 Å². The van der Waals surface area contributed by atoms with E-state index in [1.807, 2.05) is 0 Å². The van der Waals surface area contributed by atoms with Gasteiger partial charge in [-0.05, 0) is 26.7 Å². The lowest BCUT2D eigenvalue weighted by molar-refractivity contribution is 0.0171. The lowest BCUT2D eigenvalue weighted by atomic mass is 9.89. The predicted molar refractivity (Wildman–Crippen MR) is 60.7 cm³/mol. The zero-order valence-corrected chi connectivity index (χ0v) is 10.7. The maximum absolute atomic E-state index is 11.4. The van der Waals surface area contributed by atoms with Crippen molar-refractivity contribution in [2.24, 2.45) is 0 Å². The first kappa shape index (κ1) is 12.9. The first-order chi connectivity index (χ1) is 6.76. The third-order valence-electron chi connectivity index (χ3n) is 3.25. The molecule has 1 rings (SSSR count). The number of methoxy groups -OCH3 is 1. The average Bonchev–Trinajstić information content (AvgIpc) is 1.99. The van der Waals surface area contributed by atoms with Crippen molar-refractivity contribution in [3.8, 4) is 0 Å². The molecule has 0 aromatic rings. The van der Waals surface area contributed by atoms with Gasteiger partial charge in [-0.3, -0.25) is 0 Å². The molecule has 5 heteroatoms. The average molecular weight is 235 g/mol. The van der Waals surface area contributed by atoms with E-state index in [4.69, 9.17) is 4.74 Å². The van der Waals surface area contributed by atoms with Crippen LogP contribution >= 0.6 is 0 Å². The second kappa shape index (κ2) is 4.39. The lowest BCUT2D eigenvalue weighted by Gasteiger charge is -2.36. The highest BCUT2D eigenvalue weighted by Crippen LogP contribution is 2.23. The minimum absolute atomic E-state index is 0.351. The van der Waals surface area contributed by atoms with Crippen molar-refractivity contribution < 1.29 is 13.2 Å². The van der Waals surface area contributed by atoms with Crippen LogP contribution in [0.3, 0.4) is 0 Å². The summed E-state index contributed by atoms with van der Waals surface area (Å²) in [7, 11) is -1.29. The van der Waals surface area contributed by atoms with Gasteiger partial charge in [-0.15, -0.1) is 0 Å². The first-order valence-corrected chi connectivity index (χ1v) is 7.11. The van der Waals surface area contributed by atoms with Crippen molar-refractivity contribution in [1.82, 2.24) is 5.32 Å². The summed E-state index contributed by atoms with van der Waals surface area (Å²) in [5.74, 6) is 0. The van der Waals surface area contributed by atoms with Gasteiger partial charge >= 0.3 is 0 Å². The molecule has 0 radical (unpaired) electrons. The molecule has 0 bridgehead atoms. The smallest absolute Gasteiger partial charge is 0.153 e. The number of nitrogens with one attached hydrogen (secondary N) is 1. The van der Waals surface area contributed by atoms with Crippen LogP contribution in [0.1, 0.15) is 26.7 Å². The van der Waals surface area contributed by atoms with E-state index in [1.54, 1.807) is 21.0 Å². The van der Waals surface area contributed by atoms with Gasteiger partial charge in [0.05, 0.1) is 10.9 Å². The third-order valence-corrected chi connectivity index (χ3v) is 5.40. The second-order valence-corrected chi connectivity index (χ2v) is 7.59. The van der Waals surface area contributed by atoms with E-state index in [0.29, 0.717) is 18.7 Å². The normalized spacial score (nSPS) is 27.5. The quantitative estimate of drug-likeness (QED) is 0.757. The summed E-state index contributed by atoms with van der Waals surface area (Å²) >= 11 is 0. The number of sulfone groups is 1. The fraction of sp³-hybridized carbons (Fsp3) is 1.00. The Morgan fingerprint density at radius 1 is 1.40 bits per heavy atom. The van der Waals surface area contributed by atoms with Crippen LogP contribution in [0.25, 0.3) is 0 Å². The van der Waals surface area contributed by atoms with Gasteiger partial charge in [0, 0.05) is 26.0 Å². The van der Waals surface area contributed by atoms with E-state index in [0.717, 1.165) is 12.8 Å². The fourth-order valence-electron chi connectivity index (χ4n) is 1.45. The summed E-state index contributed by atoms with van der Waals surface area (Å²) < 4.78 is 27.3. The highest BCUT2D eigenvalue weighted by Gasteiger charge is 2.34. The van der Waals surface area contributed by atoms with Gasteiger partial charge < -0.3 is 10.1 Å². The molecule has 0 unspecified atom stereocenters. The van der Waals surface area contributed by atoms with Gasteiger partial charge in [-0.1, -0.05) is 0 Å². The minimum atomic E-state index is -2.99. The van der Waals surface area contributed by atoms with E-state index < -0.39 is 14.6 Å². The van der Waals surface area contributed by atoms with E-state index in [2.05, 4.69) is 5.32 Å². The molecule has 0 atom stereocenters. The largest absolute Gasteiger partial charge is 0.381 e. The van der Waals surface area contributed by atoms with Crippen LogP contribution in [-0.2, 0) is 14.6 Å². The van der Waals surface area contributed by atoms with Gasteiger partial charge in [0.15, 0.2) is 9.84 Å². The third kappa shape index (κ3) is 3.16. The van der Waals surface area contributed by atoms with Crippen LogP contribution in [0.4, 0.5) is 0 Å². The number of rotatable bonds is 5. The minimum Gasteiger partial charge on any atom is -0.381 e. The maximum atomic E-state index is 11.4. The summed E-state index contributed by atoms with van der Waals surface area (Å²) in [5.41, 5.74) is 0. The summed E-state index contributed by atoms with van der Waals surface area (Å²) in [5, 5.41) is 3.27. The molecule has 0 amide bonds. The second-order valence-electron chi connectivity index (χ2n) is 4.94. The van der Waals surface area contributed by atoms with Crippen LogP contribution in [0, 0.1) is 0 Å². The molecule has 1 saturated carbocycles. The lowest BCUT2D eigenvalue weighted by Crippen LogP contribution is -2.51.